The van der Waals surface area contributed by atoms with E-state index in [-0.39, 0.29) is 25.4 Å². The molecule has 1 aromatic rings. The maximum atomic E-state index is 10.8. The molecular formula is C16H24N2O5. The normalized spacial score (nSPS) is 11.2. The molecule has 0 aromatic heterocycles. The smallest absolute Gasteiger partial charge is 0.317 e. The van der Waals surface area contributed by atoms with Crippen molar-refractivity contribution in [2.45, 2.75) is 26.4 Å². The van der Waals surface area contributed by atoms with Crippen molar-refractivity contribution in [3.8, 4) is 5.75 Å². The maximum Gasteiger partial charge on any atom is 0.317 e. The molecule has 0 bridgehead atoms. The summed E-state index contributed by atoms with van der Waals surface area (Å²) in [5, 5.41) is 27.9. The summed E-state index contributed by atoms with van der Waals surface area (Å²) in [6, 6.07) is 3.42. The predicted octanol–water partition coefficient (Wildman–Crippen LogP) is 0.987. The molecule has 0 amide bonds. The number of aromatic hydroxyl groups is 1. The Morgan fingerprint density at radius 1 is 0.957 bits per heavy atom. The van der Waals surface area contributed by atoms with Crippen LogP contribution in [0.4, 0.5) is 0 Å². The lowest BCUT2D eigenvalue weighted by Gasteiger charge is -2.23. The first kappa shape index (κ1) is 18.9. The Bertz CT molecular complexity index is 574. The number of phenolic OH excluding ortho intramolecular Hbond substituents is 1. The van der Waals surface area contributed by atoms with Crippen molar-refractivity contribution in [2.75, 3.05) is 27.2 Å². The number of phenols is 1. The van der Waals surface area contributed by atoms with E-state index >= 15 is 0 Å². The number of aliphatic carboxylic acids is 2. The van der Waals surface area contributed by atoms with Crippen molar-refractivity contribution < 1.29 is 24.9 Å². The van der Waals surface area contributed by atoms with Crippen LogP contribution in [0.3, 0.4) is 0 Å². The summed E-state index contributed by atoms with van der Waals surface area (Å²) in [6.45, 7) is 2.39. The lowest BCUT2D eigenvalue weighted by molar-refractivity contribution is -0.139. The van der Waals surface area contributed by atoms with Gasteiger partial charge >= 0.3 is 11.9 Å². The summed E-state index contributed by atoms with van der Waals surface area (Å²) < 4.78 is 0. The van der Waals surface area contributed by atoms with Crippen LogP contribution in [0.5, 0.6) is 5.75 Å². The second-order valence-corrected chi connectivity index (χ2v) is 5.69. The van der Waals surface area contributed by atoms with E-state index < -0.39 is 11.9 Å². The van der Waals surface area contributed by atoms with E-state index in [2.05, 4.69) is 0 Å². The fraction of sp³-hybridized carbons (Fsp3) is 0.500. The largest absolute Gasteiger partial charge is 0.508 e. The second-order valence-electron chi connectivity index (χ2n) is 5.69. The number of hydrogen-bond acceptors (Lipinski definition) is 5. The monoisotopic (exact) mass is 324 g/mol. The van der Waals surface area contributed by atoms with E-state index in [4.69, 9.17) is 10.2 Å². The van der Waals surface area contributed by atoms with Gasteiger partial charge in [-0.25, -0.2) is 0 Å². The summed E-state index contributed by atoms with van der Waals surface area (Å²) in [4.78, 5) is 24.9. The molecule has 0 heterocycles. The molecule has 1 aromatic carbocycles. The first-order valence-corrected chi connectivity index (χ1v) is 7.37. The Morgan fingerprint density at radius 2 is 1.43 bits per heavy atom. The van der Waals surface area contributed by atoms with E-state index in [1.165, 1.54) is 0 Å². The molecule has 0 atom stereocenters. The van der Waals surface area contributed by atoms with Gasteiger partial charge in [-0.1, -0.05) is 13.0 Å². The Hall–Kier alpha value is -2.12. The zero-order valence-electron chi connectivity index (χ0n) is 13.7. The molecule has 3 N–H and O–H groups in total. The number of likely N-dealkylation sites (N-methyl/N-ethyl adjacent to an activating group) is 2. The van der Waals surface area contributed by atoms with Gasteiger partial charge in [-0.05, 0) is 37.7 Å². The third kappa shape index (κ3) is 5.88. The molecule has 7 heteroatoms. The van der Waals surface area contributed by atoms with Gasteiger partial charge in [0.25, 0.3) is 0 Å². The molecule has 0 aliphatic rings. The molecule has 0 aliphatic heterocycles. The third-order valence-corrected chi connectivity index (χ3v) is 3.55. The molecule has 0 radical (unpaired) electrons. The highest BCUT2D eigenvalue weighted by Crippen LogP contribution is 2.27. The van der Waals surface area contributed by atoms with Gasteiger partial charge in [0.1, 0.15) is 5.75 Å². The molecule has 7 nitrogen and oxygen atoms in total. The van der Waals surface area contributed by atoms with Gasteiger partial charge < -0.3 is 15.3 Å². The second kappa shape index (κ2) is 8.50. The highest BCUT2D eigenvalue weighted by molar-refractivity contribution is 5.69. The first-order chi connectivity index (χ1) is 10.7. The summed E-state index contributed by atoms with van der Waals surface area (Å²) in [7, 11) is 3.36. The zero-order valence-corrected chi connectivity index (χ0v) is 13.7. The van der Waals surface area contributed by atoms with Crippen molar-refractivity contribution >= 4 is 11.9 Å². The molecule has 0 saturated heterocycles. The van der Waals surface area contributed by atoms with Crippen molar-refractivity contribution in [3.05, 3.63) is 28.8 Å². The van der Waals surface area contributed by atoms with Gasteiger partial charge in [0.2, 0.25) is 0 Å². The Balaban J connectivity index is 3.11. The fourth-order valence-electron chi connectivity index (χ4n) is 2.55. The quantitative estimate of drug-likeness (QED) is 0.622. The summed E-state index contributed by atoms with van der Waals surface area (Å²) in [6.07, 6.45) is 0.742. The van der Waals surface area contributed by atoms with E-state index in [1.807, 2.05) is 13.0 Å². The fourth-order valence-corrected chi connectivity index (χ4v) is 2.55. The third-order valence-electron chi connectivity index (χ3n) is 3.55. The number of carbonyl (C=O) groups is 2. The number of carboxylic acids is 2. The number of nitrogens with zero attached hydrogens (tertiary/aromatic N) is 2. The minimum Gasteiger partial charge on any atom is -0.508 e. The van der Waals surface area contributed by atoms with Gasteiger partial charge in [-0.3, -0.25) is 19.4 Å². The van der Waals surface area contributed by atoms with E-state index in [0.717, 1.165) is 17.5 Å². The minimum atomic E-state index is -0.941. The number of aryl methyl sites for hydroxylation is 1. The van der Waals surface area contributed by atoms with Crippen LogP contribution >= 0.6 is 0 Å². The molecule has 0 fully saturated rings. The number of benzene rings is 1. The molecule has 0 aliphatic carbocycles. The average Bonchev–Trinajstić information content (AvgIpc) is 2.41. The minimum absolute atomic E-state index is 0.0955. The number of hydrogen-bond donors (Lipinski definition) is 3. The average molecular weight is 324 g/mol. The summed E-state index contributed by atoms with van der Waals surface area (Å²) in [5.41, 5.74) is 2.51. The van der Waals surface area contributed by atoms with Gasteiger partial charge in [0, 0.05) is 18.7 Å². The molecule has 1 rings (SSSR count). The number of carboxylic acid groups (broad SMARTS) is 2. The lowest BCUT2D eigenvalue weighted by Crippen LogP contribution is -2.28. The molecule has 128 valence electrons. The van der Waals surface area contributed by atoms with Crippen LogP contribution in [-0.2, 0) is 29.1 Å². The van der Waals surface area contributed by atoms with E-state index in [0.29, 0.717) is 12.1 Å². The van der Waals surface area contributed by atoms with Crippen molar-refractivity contribution in [1.82, 2.24) is 9.80 Å². The lowest BCUT2D eigenvalue weighted by atomic mass is 9.97. The predicted molar refractivity (Wildman–Crippen MR) is 85.4 cm³/mol. The van der Waals surface area contributed by atoms with Gasteiger partial charge in [0.05, 0.1) is 13.1 Å². The van der Waals surface area contributed by atoms with Gasteiger partial charge in [-0.15, -0.1) is 0 Å². The topological polar surface area (TPSA) is 101 Å². The molecule has 0 saturated carbocycles. The standard InChI is InChI=1S/C16H24N2O5/c1-4-11-5-6-14(19)13(8-18(3)10-16(22)23)12(11)7-17(2)9-15(20)21/h5-6,19H,4,7-10H2,1-3H3,(H,20,21)(H,22,23). The summed E-state index contributed by atoms with van der Waals surface area (Å²) in [5.74, 6) is -1.77. The molecule has 23 heavy (non-hydrogen) atoms. The van der Waals surface area contributed by atoms with Gasteiger partial charge in [0.15, 0.2) is 0 Å². The van der Waals surface area contributed by atoms with Crippen LogP contribution in [0.2, 0.25) is 0 Å². The highest BCUT2D eigenvalue weighted by Gasteiger charge is 2.17. The SMILES string of the molecule is CCc1ccc(O)c(CN(C)CC(=O)O)c1CN(C)CC(=O)O. The highest BCUT2D eigenvalue weighted by atomic mass is 16.4. The first-order valence-electron chi connectivity index (χ1n) is 7.37. The van der Waals surface area contributed by atoms with Crippen LogP contribution in [0.15, 0.2) is 12.1 Å². The van der Waals surface area contributed by atoms with Crippen LogP contribution in [0.1, 0.15) is 23.6 Å². The van der Waals surface area contributed by atoms with Crippen molar-refractivity contribution in [2.24, 2.45) is 0 Å². The van der Waals surface area contributed by atoms with E-state index in [1.54, 1.807) is 30.0 Å². The van der Waals surface area contributed by atoms with Gasteiger partial charge in [-0.2, -0.15) is 0 Å². The zero-order chi connectivity index (χ0) is 17.6. The Morgan fingerprint density at radius 3 is 1.87 bits per heavy atom. The Kier molecular flexibility index (Phi) is 6.99. The number of rotatable bonds is 9. The van der Waals surface area contributed by atoms with Crippen LogP contribution in [0.25, 0.3) is 0 Å². The maximum absolute atomic E-state index is 10.8. The molecular weight excluding hydrogens is 300 g/mol. The van der Waals surface area contributed by atoms with Crippen LogP contribution < -0.4 is 0 Å². The molecule has 0 spiro atoms. The van der Waals surface area contributed by atoms with Crippen molar-refractivity contribution in [3.63, 3.8) is 0 Å². The molecule has 0 unspecified atom stereocenters. The summed E-state index contributed by atoms with van der Waals surface area (Å²) >= 11 is 0. The van der Waals surface area contributed by atoms with Crippen LogP contribution in [0, 0.1) is 0 Å². The van der Waals surface area contributed by atoms with Crippen LogP contribution in [-0.4, -0.2) is 64.2 Å². The van der Waals surface area contributed by atoms with Crippen molar-refractivity contribution in [1.29, 1.82) is 0 Å². The van der Waals surface area contributed by atoms with E-state index in [9.17, 15) is 14.7 Å². The Labute approximate surface area is 135 Å².